The molecule has 1 aliphatic carbocycles. The van der Waals surface area contributed by atoms with Crippen molar-refractivity contribution in [3.05, 3.63) is 35.3 Å². The van der Waals surface area contributed by atoms with Gasteiger partial charge in [-0.25, -0.2) is 8.61 Å². The fourth-order valence-electron chi connectivity index (χ4n) is 0.904. The molecule has 0 saturated carbocycles. The van der Waals surface area contributed by atoms with Crippen molar-refractivity contribution in [3.63, 3.8) is 0 Å². The summed E-state index contributed by atoms with van der Waals surface area (Å²) in [5.74, 6) is 0. The second-order valence-corrected chi connectivity index (χ2v) is 3.77. The first-order valence-electron chi connectivity index (χ1n) is 3.47. The molecule has 0 fully saturated rings. The van der Waals surface area contributed by atoms with Crippen molar-refractivity contribution in [3.8, 4) is 0 Å². The second-order valence-electron chi connectivity index (χ2n) is 2.29. The maximum atomic E-state index is 10.9. The third kappa shape index (κ3) is 2.40. The first-order valence-corrected chi connectivity index (χ1v) is 5.75. The van der Waals surface area contributed by atoms with Crippen LogP contribution in [0.2, 0.25) is 0 Å². The lowest BCUT2D eigenvalue weighted by Gasteiger charge is -2.09. The molecule has 1 unspecified atom stereocenters. The highest BCUT2D eigenvalue weighted by Crippen LogP contribution is 2.18. The summed E-state index contributed by atoms with van der Waals surface area (Å²) in [4.78, 5) is 0.307. The van der Waals surface area contributed by atoms with Gasteiger partial charge in [-0.1, -0.05) is 18.7 Å². The molecule has 0 bridgehead atoms. The maximum Gasteiger partial charge on any atom is 0.188 e. The fourth-order valence-corrected chi connectivity index (χ4v) is 1.90. The Morgan fingerprint density at radius 3 is 2.92 bits per heavy atom. The number of hydrogen-bond donors (Lipinski definition) is 1. The summed E-state index contributed by atoms with van der Waals surface area (Å²) in [6.07, 6.45) is 6.80. The monoisotopic (exact) mass is 215 g/mol. The number of allylic oxidation sites excluding steroid dienone is 5. The van der Waals surface area contributed by atoms with Crippen LogP contribution in [0.25, 0.3) is 0 Å². The number of nitrogens with zero attached hydrogens (tertiary/aromatic N) is 1. The van der Waals surface area contributed by atoms with Crippen LogP contribution < -0.4 is 0 Å². The molecule has 0 heterocycles. The summed E-state index contributed by atoms with van der Waals surface area (Å²) in [6, 6.07) is 0. The van der Waals surface area contributed by atoms with Crippen LogP contribution in [0.15, 0.2) is 39.7 Å². The molecule has 0 aromatic heterocycles. The average molecular weight is 215 g/mol. The summed E-state index contributed by atoms with van der Waals surface area (Å²) < 4.78 is 23.8. The Hall–Kier alpha value is -0.650. The van der Waals surface area contributed by atoms with Crippen LogP contribution in [-0.2, 0) is 11.1 Å². The molecule has 0 spiro atoms. The average Bonchev–Trinajstić information content (AvgIpc) is 2.08. The van der Waals surface area contributed by atoms with Gasteiger partial charge >= 0.3 is 0 Å². The van der Waals surface area contributed by atoms with Gasteiger partial charge in [-0.15, -0.1) is 0 Å². The first-order chi connectivity index (χ1) is 6.16. The van der Waals surface area contributed by atoms with E-state index in [4.69, 9.17) is 4.55 Å². The summed E-state index contributed by atoms with van der Waals surface area (Å²) in [6.45, 7) is 3.73. The zero-order valence-electron chi connectivity index (χ0n) is 7.06. The Morgan fingerprint density at radius 2 is 2.38 bits per heavy atom. The lowest BCUT2D eigenvalue weighted by molar-refractivity contribution is 0.573. The third-order valence-corrected chi connectivity index (χ3v) is 2.52. The highest BCUT2D eigenvalue weighted by molar-refractivity contribution is 7.97. The van der Waals surface area contributed by atoms with E-state index in [9.17, 15) is 4.21 Å². The SMILES string of the molecule is C=C1C=CC=C(S(=O)O)C1=NSC. The summed E-state index contributed by atoms with van der Waals surface area (Å²) in [7, 11) is 0. The van der Waals surface area contributed by atoms with Crippen molar-refractivity contribution in [1.82, 2.24) is 0 Å². The zero-order valence-corrected chi connectivity index (χ0v) is 8.69. The molecule has 0 saturated heterocycles. The van der Waals surface area contributed by atoms with E-state index in [2.05, 4.69) is 11.0 Å². The lowest BCUT2D eigenvalue weighted by atomic mass is 10.1. The van der Waals surface area contributed by atoms with E-state index >= 15 is 0 Å². The smallest absolute Gasteiger partial charge is 0.188 e. The standard InChI is InChI=1S/C8H9NO2S2/c1-6-4-3-5-7(13(10)11)8(6)9-12-2/h3-5H,1H2,2H3,(H,10,11). The van der Waals surface area contributed by atoms with Crippen LogP contribution in [0.3, 0.4) is 0 Å². The van der Waals surface area contributed by atoms with E-state index in [1.807, 2.05) is 0 Å². The van der Waals surface area contributed by atoms with Gasteiger partial charge < -0.3 is 4.55 Å². The van der Waals surface area contributed by atoms with Crippen molar-refractivity contribution >= 4 is 28.7 Å². The van der Waals surface area contributed by atoms with Gasteiger partial charge in [0.05, 0.1) is 10.6 Å². The minimum absolute atomic E-state index is 0.307. The quantitative estimate of drug-likeness (QED) is 0.565. The Labute approximate surface area is 83.8 Å². The van der Waals surface area contributed by atoms with Crippen LogP contribution >= 0.6 is 11.9 Å². The number of hydrogen-bond acceptors (Lipinski definition) is 3. The minimum atomic E-state index is -2.00. The van der Waals surface area contributed by atoms with Crippen LogP contribution in [0.4, 0.5) is 0 Å². The molecule has 1 N–H and O–H groups in total. The molecule has 0 aromatic rings. The van der Waals surface area contributed by atoms with E-state index < -0.39 is 11.1 Å². The van der Waals surface area contributed by atoms with Gasteiger partial charge in [0.1, 0.15) is 0 Å². The van der Waals surface area contributed by atoms with E-state index in [-0.39, 0.29) is 0 Å². The summed E-state index contributed by atoms with van der Waals surface area (Å²) in [5.41, 5.74) is 1.16. The van der Waals surface area contributed by atoms with Crippen molar-refractivity contribution in [1.29, 1.82) is 0 Å². The summed E-state index contributed by atoms with van der Waals surface area (Å²) in [5, 5.41) is 0. The Balaban J connectivity index is 3.10. The van der Waals surface area contributed by atoms with Crippen LogP contribution in [0.5, 0.6) is 0 Å². The van der Waals surface area contributed by atoms with E-state index in [1.54, 1.807) is 24.5 Å². The second kappa shape index (κ2) is 4.55. The van der Waals surface area contributed by atoms with Crippen molar-refractivity contribution in [2.75, 3.05) is 6.26 Å². The highest BCUT2D eigenvalue weighted by atomic mass is 32.2. The Morgan fingerprint density at radius 1 is 1.69 bits per heavy atom. The molecule has 0 aliphatic heterocycles. The van der Waals surface area contributed by atoms with Gasteiger partial charge in [0.25, 0.3) is 0 Å². The van der Waals surface area contributed by atoms with Gasteiger partial charge in [-0.2, -0.15) is 0 Å². The van der Waals surface area contributed by atoms with E-state index in [1.165, 1.54) is 11.9 Å². The van der Waals surface area contributed by atoms with Gasteiger partial charge in [-0.05, 0) is 23.6 Å². The third-order valence-electron chi connectivity index (χ3n) is 1.45. The van der Waals surface area contributed by atoms with E-state index in [0.29, 0.717) is 16.2 Å². The van der Waals surface area contributed by atoms with Gasteiger partial charge in [0.15, 0.2) is 11.1 Å². The molecule has 5 heteroatoms. The molecule has 1 aliphatic rings. The molecule has 1 atom stereocenters. The van der Waals surface area contributed by atoms with Crippen LogP contribution in [-0.4, -0.2) is 20.7 Å². The fraction of sp³-hybridized carbons (Fsp3) is 0.125. The Bertz CT molecular complexity index is 342. The summed E-state index contributed by atoms with van der Waals surface area (Å²) >= 11 is -0.759. The molecule has 13 heavy (non-hydrogen) atoms. The Kier molecular flexibility index (Phi) is 3.65. The van der Waals surface area contributed by atoms with E-state index in [0.717, 1.165) is 0 Å². The molecular weight excluding hydrogens is 206 g/mol. The lowest BCUT2D eigenvalue weighted by Crippen LogP contribution is -2.11. The molecule has 1 rings (SSSR count). The minimum Gasteiger partial charge on any atom is -0.302 e. The molecule has 0 amide bonds. The van der Waals surface area contributed by atoms with Gasteiger partial charge in [0.2, 0.25) is 0 Å². The largest absolute Gasteiger partial charge is 0.302 e. The molecular formula is C8H9NO2S2. The normalized spacial score (nSPS) is 21.8. The molecule has 70 valence electrons. The van der Waals surface area contributed by atoms with Crippen molar-refractivity contribution in [2.24, 2.45) is 4.40 Å². The first kappa shape index (κ1) is 10.4. The predicted molar refractivity (Wildman–Crippen MR) is 58.1 cm³/mol. The highest BCUT2D eigenvalue weighted by Gasteiger charge is 2.16. The van der Waals surface area contributed by atoms with Gasteiger partial charge in [0, 0.05) is 6.26 Å². The van der Waals surface area contributed by atoms with Crippen LogP contribution in [0.1, 0.15) is 0 Å². The van der Waals surface area contributed by atoms with Crippen molar-refractivity contribution in [2.45, 2.75) is 0 Å². The van der Waals surface area contributed by atoms with Crippen LogP contribution in [0, 0.1) is 0 Å². The zero-order chi connectivity index (χ0) is 9.84. The maximum absolute atomic E-state index is 10.9. The molecule has 0 radical (unpaired) electrons. The van der Waals surface area contributed by atoms with Gasteiger partial charge in [-0.3, -0.25) is 0 Å². The topological polar surface area (TPSA) is 49.7 Å². The molecule has 3 nitrogen and oxygen atoms in total. The predicted octanol–water partition coefficient (Wildman–Crippen LogP) is 1.94. The molecule has 0 aromatic carbocycles. The number of rotatable bonds is 2. The van der Waals surface area contributed by atoms with Crippen molar-refractivity contribution < 1.29 is 8.76 Å².